The Balaban J connectivity index is 1.70. The standard InChI is InChI=1S/C22H20N4/c1-2-16-12-14-18(15-13-16)24-22-25-20-11-7-6-10-19(20)21(26-22)23-17-8-4-3-5-9-17/h3-15H,2H2,1H3,(H2,23,24,25,26). The van der Waals surface area contributed by atoms with Crippen LogP contribution in [0.15, 0.2) is 78.9 Å². The molecule has 3 aromatic carbocycles. The maximum Gasteiger partial charge on any atom is 0.229 e. The van der Waals surface area contributed by atoms with E-state index in [0.29, 0.717) is 5.95 Å². The van der Waals surface area contributed by atoms with Crippen LogP contribution in [0.1, 0.15) is 12.5 Å². The third-order valence-electron chi connectivity index (χ3n) is 4.26. The van der Waals surface area contributed by atoms with Crippen molar-refractivity contribution < 1.29 is 0 Å². The summed E-state index contributed by atoms with van der Waals surface area (Å²) in [6.45, 7) is 2.15. The van der Waals surface area contributed by atoms with E-state index in [0.717, 1.165) is 34.5 Å². The molecule has 4 aromatic rings. The van der Waals surface area contributed by atoms with E-state index in [2.05, 4.69) is 46.8 Å². The third kappa shape index (κ3) is 3.49. The number of aryl methyl sites for hydroxylation is 1. The Morgan fingerprint density at radius 2 is 1.38 bits per heavy atom. The minimum Gasteiger partial charge on any atom is -0.340 e. The van der Waals surface area contributed by atoms with E-state index in [1.165, 1.54) is 5.56 Å². The smallest absolute Gasteiger partial charge is 0.229 e. The molecule has 0 aliphatic carbocycles. The number of aromatic nitrogens is 2. The molecule has 0 saturated heterocycles. The predicted molar refractivity (Wildman–Crippen MR) is 108 cm³/mol. The molecule has 1 aromatic heterocycles. The lowest BCUT2D eigenvalue weighted by molar-refractivity contribution is 1.14. The van der Waals surface area contributed by atoms with E-state index in [-0.39, 0.29) is 0 Å². The maximum atomic E-state index is 4.70. The van der Waals surface area contributed by atoms with Gasteiger partial charge in [0.25, 0.3) is 0 Å². The first-order valence-electron chi connectivity index (χ1n) is 8.76. The zero-order chi connectivity index (χ0) is 17.8. The van der Waals surface area contributed by atoms with Gasteiger partial charge in [-0.25, -0.2) is 4.98 Å². The highest BCUT2D eigenvalue weighted by molar-refractivity contribution is 5.91. The van der Waals surface area contributed by atoms with Gasteiger partial charge in [0.1, 0.15) is 5.82 Å². The molecule has 0 amide bonds. The van der Waals surface area contributed by atoms with Crippen LogP contribution >= 0.6 is 0 Å². The predicted octanol–water partition coefficient (Wildman–Crippen LogP) is 5.68. The van der Waals surface area contributed by atoms with Crippen molar-refractivity contribution >= 4 is 34.0 Å². The van der Waals surface area contributed by atoms with E-state index in [1.807, 2.05) is 54.6 Å². The number of rotatable bonds is 5. The van der Waals surface area contributed by atoms with Gasteiger partial charge in [0.05, 0.1) is 5.52 Å². The molecule has 0 bridgehead atoms. The van der Waals surface area contributed by atoms with Gasteiger partial charge < -0.3 is 10.6 Å². The second kappa shape index (κ2) is 7.23. The van der Waals surface area contributed by atoms with Crippen LogP contribution in [-0.2, 0) is 6.42 Å². The fraction of sp³-hybridized carbons (Fsp3) is 0.0909. The van der Waals surface area contributed by atoms with Gasteiger partial charge in [0.2, 0.25) is 5.95 Å². The van der Waals surface area contributed by atoms with Crippen molar-refractivity contribution in [2.45, 2.75) is 13.3 Å². The van der Waals surface area contributed by atoms with Crippen LogP contribution in [0, 0.1) is 0 Å². The monoisotopic (exact) mass is 340 g/mol. The first kappa shape index (κ1) is 16.1. The van der Waals surface area contributed by atoms with Gasteiger partial charge in [-0.1, -0.05) is 49.4 Å². The minimum absolute atomic E-state index is 0.575. The topological polar surface area (TPSA) is 49.8 Å². The number of anilines is 4. The Morgan fingerprint density at radius 1 is 0.692 bits per heavy atom. The Labute approximate surface area is 152 Å². The molecule has 0 radical (unpaired) electrons. The molecule has 128 valence electrons. The largest absolute Gasteiger partial charge is 0.340 e. The molecular weight excluding hydrogens is 320 g/mol. The minimum atomic E-state index is 0.575. The highest BCUT2D eigenvalue weighted by atomic mass is 15.1. The normalized spacial score (nSPS) is 10.7. The summed E-state index contributed by atoms with van der Waals surface area (Å²) in [6.07, 6.45) is 1.03. The summed E-state index contributed by atoms with van der Waals surface area (Å²) in [5.74, 6) is 1.36. The number of nitrogens with one attached hydrogen (secondary N) is 2. The fourth-order valence-electron chi connectivity index (χ4n) is 2.84. The Hall–Kier alpha value is -3.40. The molecule has 4 rings (SSSR count). The molecule has 0 unspecified atom stereocenters. The molecule has 0 fully saturated rings. The maximum absolute atomic E-state index is 4.70. The molecule has 1 heterocycles. The van der Waals surface area contributed by atoms with Crippen molar-refractivity contribution in [3.05, 3.63) is 84.4 Å². The average molecular weight is 340 g/mol. The zero-order valence-corrected chi connectivity index (χ0v) is 14.6. The van der Waals surface area contributed by atoms with Gasteiger partial charge in [0, 0.05) is 16.8 Å². The van der Waals surface area contributed by atoms with Gasteiger partial charge in [-0.05, 0) is 48.4 Å². The Kier molecular flexibility index (Phi) is 4.48. The first-order chi connectivity index (χ1) is 12.8. The second-order valence-corrected chi connectivity index (χ2v) is 6.08. The lowest BCUT2D eigenvalue weighted by Crippen LogP contribution is -2.02. The summed E-state index contributed by atoms with van der Waals surface area (Å²) in [6, 6.07) is 26.4. The summed E-state index contributed by atoms with van der Waals surface area (Å²) in [5.41, 5.74) is 4.17. The van der Waals surface area contributed by atoms with Gasteiger partial charge in [-0.2, -0.15) is 4.98 Å². The molecule has 0 atom stereocenters. The molecular formula is C22H20N4. The molecule has 0 saturated carbocycles. The zero-order valence-electron chi connectivity index (χ0n) is 14.6. The van der Waals surface area contributed by atoms with Crippen molar-refractivity contribution in [3.8, 4) is 0 Å². The van der Waals surface area contributed by atoms with Crippen molar-refractivity contribution in [3.63, 3.8) is 0 Å². The Morgan fingerprint density at radius 3 is 2.15 bits per heavy atom. The van der Waals surface area contributed by atoms with E-state index < -0.39 is 0 Å². The average Bonchev–Trinajstić information content (AvgIpc) is 2.69. The second-order valence-electron chi connectivity index (χ2n) is 6.08. The van der Waals surface area contributed by atoms with Crippen LogP contribution in [0.4, 0.5) is 23.1 Å². The van der Waals surface area contributed by atoms with Crippen LogP contribution in [0.5, 0.6) is 0 Å². The van der Waals surface area contributed by atoms with Crippen LogP contribution in [0.25, 0.3) is 10.9 Å². The van der Waals surface area contributed by atoms with E-state index >= 15 is 0 Å². The molecule has 4 nitrogen and oxygen atoms in total. The summed E-state index contributed by atoms with van der Waals surface area (Å²) in [4.78, 5) is 9.35. The first-order valence-corrected chi connectivity index (χ1v) is 8.76. The van der Waals surface area contributed by atoms with Crippen LogP contribution < -0.4 is 10.6 Å². The van der Waals surface area contributed by atoms with Crippen molar-refractivity contribution in [1.29, 1.82) is 0 Å². The van der Waals surface area contributed by atoms with Crippen molar-refractivity contribution in [1.82, 2.24) is 9.97 Å². The molecule has 26 heavy (non-hydrogen) atoms. The van der Waals surface area contributed by atoms with Gasteiger partial charge >= 0.3 is 0 Å². The molecule has 2 N–H and O–H groups in total. The molecule has 0 aliphatic heterocycles. The Bertz CT molecular complexity index is 1010. The number of nitrogens with zero attached hydrogens (tertiary/aromatic N) is 2. The summed E-state index contributed by atoms with van der Waals surface area (Å²) >= 11 is 0. The van der Waals surface area contributed by atoms with E-state index in [4.69, 9.17) is 4.98 Å². The number of fused-ring (bicyclic) bond motifs is 1. The fourth-order valence-corrected chi connectivity index (χ4v) is 2.84. The molecule has 0 spiro atoms. The highest BCUT2D eigenvalue weighted by Crippen LogP contribution is 2.26. The van der Waals surface area contributed by atoms with Gasteiger partial charge in [-0.3, -0.25) is 0 Å². The number of hydrogen-bond acceptors (Lipinski definition) is 4. The van der Waals surface area contributed by atoms with Crippen molar-refractivity contribution in [2.75, 3.05) is 10.6 Å². The molecule has 4 heteroatoms. The number of benzene rings is 3. The van der Waals surface area contributed by atoms with Crippen molar-refractivity contribution in [2.24, 2.45) is 0 Å². The lowest BCUT2D eigenvalue weighted by atomic mass is 10.1. The van der Waals surface area contributed by atoms with Crippen LogP contribution in [-0.4, -0.2) is 9.97 Å². The summed E-state index contributed by atoms with van der Waals surface area (Å²) in [7, 11) is 0. The van der Waals surface area contributed by atoms with Crippen LogP contribution in [0.3, 0.4) is 0 Å². The quantitative estimate of drug-likeness (QED) is 0.491. The van der Waals surface area contributed by atoms with E-state index in [1.54, 1.807) is 0 Å². The van der Waals surface area contributed by atoms with Gasteiger partial charge in [-0.15, -0.1) is 0 Å². The molecule has 0 aliphatic rings. The summed E-state index contributed by atoms with van der Waals surface area (Å²) < 4.78 is 0. The number of hydrogen-bond donors (Lipinski definition) is 2. The highest BCUT2D eigenvalue weighted by Gasteiger charge is 2.08. The lowest BCUT2D eigenvalue weighted by Gasteiger charge is -2.12. The van der Waals surface area contributed by atoms with Crippen LogP contribution in [0.2, 0.25) is 0 Å². The van der Waals surface area contributed by atoms with E-state index in [9.17, 15) is 0 Å². The van der Waals surface area contributed by atoms with Gasteiger partial charge in [0.15, 0.2) is 0 Å². The third-order valence-corrected chi connectivity index (χ3v) is 4.26. The SMILES string of the molecule is CCc1ccc(Nc2nc(Nc3ccccc3)c3ccccc3n2)cc1. The summed E-state index contributed by atoms with van der Waals surface area (Å²) in [5, 5.41) is 7.70. The number of para-hydroxylation sites is 2.